The van der Waals surface area contributed by atoms with Crippen LogP contribution >= 0.6 is 0 Å². The fraction of sp³-hybridized carbons (Fsp3) is 0. The molecule has 0 heterocycles. The van der Waals surface area contributed by atoms with Crippen LogP contribution in [-0.4, -0.2) is 34.0 Å². The van der Waals surface area contributed by atoms with Gasteiger partial charge in [0.05, 0.1) is 11.1 Å². The third kappa shape index (κ3) is 4.33. The molecule has 0 aliphatic heterocycles. The molecule has 0 atom stereocenters. The lowest BCUT2D eigenvalue weighted by Crippen LogP contribution is -2.18. The summed E-state index contributed by atoms with van der Waals surface area (Å²) in [6.45, 7) is 0. The van der Waals surface area contributed by atoms with Crippen LogP contribution in [0.15, 0.2) is 84.9 Å². The van der Waals surface area contributed by atoms with Gasteiger partial charge in [0.1, 0.15) is 0 Å². The monoisotopic (exact) mass is 454 g/mol. The van der Waals surface area contributed by atoms with Crippen LogP contribution in [0.4, 0.5) is 11.4 Å². The number of aromatic carboxylic acids is 2. The molecule has 0 saturated heterocycles. The van der Waals surface area contributed by atoms with Gasteiger partial charge in [0.2, 0.25) is 0 Å². The molecule has 0 fully saturated rings. The summed E-state index contributed by atoms with van der Waals surface area (Å²) in [6, 6.07) is 21.9. The van der Waals surface area contributed by atoms with Crippen LogP contribution in [0.25, 0.3) is 10.8 Å². The van der Waals surface area contributed by atoms with Crippen molar-refractivity contribution in [3.63, 3.8) is 0 Å². The van der Waals surface area contributed by atoms with E-state index in [1.54, 1.807) is 60.7 Å². The van der Waals surface area contributed by atoms with Gasteiger partial charge in [-0.15, -0.1) is 0 Å². The summed E-state index contributed by atoms with van der Waals surface area (Å²) in [7, 11) is 0. The number of para-hydroxylation sites is 2. The highest BCUT2D eigenvalue weighted by atomic mass is 16.4. The smallest absolute Gasteiger partial charge is 0.336 e. The van der Waals surface area contributed by atoms with Crippen LogP contribution in [0.5, 0.6) is 0 Å². The maximum absolute atomic E-state index is 13.1. The minimum atomic E-state index is -1.36. The number of carbonyl (C=O) groups excluding carboxylic acids is 2. The van der Waals surface area contributed by atoms with Gasteiger partial charge in [-0.25, -0.2) is 9.59 Å². The van der Waals surface area contributed by atoms with E-state index in [2.05, 4.69) is 10.6 Å². The Morgan fingerprint density at radius 2 is 0.794 bits per heavy atom. The Balaban J connectivity index is 1.94. The summed E-state index contributed by atoms with van der Waals surface area (Å²) in [4.78, 5) is 50.3. The molecule has 2 amide bonds. The van der Waals surface area contributed by atoms with E-state index >= 15 is 0 Å². The first kappa shape index (κ1) is 22.2. The van der Waals surface area contributed by atoms with Gasteiger partial charge in [-0.3, -0.25) is 9.59 Å². The minimum Gasteiger partial charge on any atom is -0.478 e. The van der Waals surface area contributed by atoms with E-state index in [9.17, 15) is 29.4 Å². The predicted molar refractivity (Wildman–Crippen MR) is 127 cm³/mol. The second kappa shape index (κ2) is 9.25. The molecule has 0 saturated carbocycles. The third-order valence-corrected chi connectivity index (χ3v) is 5.17. The van der Waals surface area contributed by atoms with E-state index in [-0.39, 0.29) is 33.0 Å². The Bertz CT molecular complexity index is 1320. The maximum atomic E-state index is 13.1. The SMILES string of the molecule is O=C(O)c1ccc(C(=O)O)c2c(C(=O)Nc3ccccc3)ccc(C(=O)Nc3ccccc3)c12. The van der Waals surface area contributed by atoms with Gasteiger partial charge in [0, 0.05) is 33.3 Å². The first-order valence-electron chi connectivity index (χ1n) is 10.2. The van der Waals surface area contributed by atoms with Crippen molar-refractivity contribution in [2.24, 2.45) is 0 Å². The van der Waals surface area contributed by atoms with Crippen molar-refractivity contribution in [3.05, 3.63) is 107 Å². The average molecular weight is 454 g/mol. The first-order valence-corrected chi connectivity index (χ1v) is 10.2. The highest BCUT2D eigenvalue weighted by molar-refractivity contribution is 6.26. The van der Waals surface area contributed by atoms with Crippen LogP contribution in [0.2, 0.25) is 0 Å². The van der Waals surface area contributed by atoms with E-state index in [1.807, 2.05) is 0 Å². The van der Waals surface area contributed by atoms with Crippen LogP contribution in [0.1, 0.15) is 41.4 Å². The molecule has 0 aliphatic rings. The van der Waals surface area contributed by atoms with Crippen molar-refractivity contribution in [3.8, 4) is 0 Å². The normalized spacial score (nSPS) is 10.5. The molecule has 168 valence electrons. The topological polar surface area (TPSA) is 133 Å². The fourth-order valence-corrected chi connectivity index (χ4v) is 3.67. The zero-order valence-corrected chi connectivity index (χ0v) is 17.6. The molecule has 34 heavy (non-hydrogen) atoms. The number of nitrogens with one attached hydrogen (secondary N) is 2. The predicted octanol–water partition coefficient (Wildman–Crippen LogP) is 4.74. The van der Waals surface area contributed by atoms with Gasteiger partial charge in [-0.05, 0) is 48.5 Å². The number of benzene rings is 4. The highest BCUT2D eigenvalue weighted by Crippen LogP contribution is 2.31. The molecule has 0 unspecified atom stereocenters. The van der Waals surface area contributed by atoms with E-state index in [0.717, 1.165) is 12.1 Å². The molecule has 0 bridgehead atoms. The molecule has 0 spiro atoms. The molecule has 8 nitrogen and oxygen atoms in total. The van der Waals surface area contributed by atoms with Gasteiger partial charge in [0.15, 0.2) is 0 Å². The minimum absolute atomic E-state index is 0.0735. The van der Waals surface area contributed by atoms with Crippen molar-refractivity contribution in [1.82, 2.24) is 0 Å². The lowest BCUT2D eigenvalue weighted by molar-refractivity contribution is 0.0684. The van der Waals surface area contributed by atoms with Crippen molar-refractivity contribution in [1.29, 1.82) is 0 Å². The Morgan fingerprint density at radius 1 is 0.471 bits per heavy atom. The van der Waals surface area contributed by atoms with Gasteiger partial charge in [-0.2, -0.15) is 0 Å². The molecule has 0 aliphatic carbocycles. The highest BCUT2D eigenvalue weighted by Gasteiger charge is 2.25. The van der Waals surface area contributed by atoms with Gasteiger partial charge < -0.3 is 20.8 Å². The molecule has 0 radical (unpaired) electrons. The molecular weight excluding hydrogens is 436 g/mol. The zero-order valence-electron chi connectivity index (χ0n) is 17.6. The lowest BCUT2D eigenvalue weighted by atomic mass is 9.90. The van der Waals surface area contributed by atoms with E-state index in [0.29, 0.717) is 11.4 Å². The second-order valence-corrected chi connectivity index (χ2v) is 7.32. The van der Waals surface area contributed by atoms with E-state index in [1.165, 1.54) is 12.1 Å². The van der Waals surface area contributed by atoms with Crippen molar-refractivity contribution < 1.29 is 29.4 Å². The first-order chi connectivity index (χ1) is 16.4. The fourth-order valence-electron chi connectivity index (χ4n) is 3.67. The second-order valence-electron chi connectivity index (χ2n) is 7.32. The van der Waals surface area contributed by atoms with Gasteiger partial charge >= 0.3 is 11.9 Å². The Morgan fingerprint density at radius 3 is 1.12 bits per heavy atom. The molecule has 4 rings (SSSR count). The molecule has 0 aromatic heterocycles. The Hall–Kier alpha value is -4.98. The number of rotatable bonds is 6. The number of carbonyl (C=O) groups is 4. The summed E-state index contributed by atoms with van der Waals surface area (Å²) in [6.07, 6.45) is 0. The molecule has 8 heteroatoms. The number of amides is 2. The quantitative estimate of drug-likeness (QED) is 0.333. The molecule has 4 aromatic carbocycles. The molecule has 4 aromatic rings. The number of anilines is 2. The van der Waals surface area contributed by atoms with Crippen molar-refractivity contribution in [2.45, 2.75) is 0 Å². The number of hydrogen-bond acceptors (Lipinski definition) is 4. The Kier molecular flexibility index (Phi) is 6.05. The lowest BCUT2D eigenvalue weighted by Gasteiger charge is -2.16. The standard InChI is InChI=1S/C26H18N2O6/c29-23(27-15-7-3-1-4-8-15)17-11-12-18(24(30)28-16-9-5-2-6-10-16)22-20(26(33)34)14-13-19(21(17)22)25(31)32/h1-14H,(H,27,29)(H,28,30)(H,31,32)(H,33,34). The zero-order chi connectivity index (χ0) is 24.2. The Labute approximate surface area is 193 Å². The summed E-state index contributed by atoms with van der Waals surface area (Å²) in [5.74, 6) is -4.01. The summed E-state index contributed by atoms with van der Waals surface area (Å²) < 4.78 is 0. The van der Waals surface area contributed by atoms with E-state index in [4.69, 9.17) is 0 Å². The largest absolute Gasteiger partial charge is 0.478 e. The third-order valence-electron chi connectivity index (χ3n) is 5.17. The molecule has 4 N–H and O–H groups in total. The van der Waals surface area contributed by atoms with Crippen molar-refractivity contribution >= 4 is 45.9 Å². The number of carboxylic acids is 2. The number of carboxylic acid groups (broad SMARTS) is 2. The average Bonchev–Trinajstić information content (AvgIpc) is 2.83. The van der Waals surface area contributed by atoms with Crippen LogP contribution in [-0.2, 0) is 0 Å². The van der Waals surface area contributed by atoms with Crippen LogP contribution < -0.4 is 10.6 Å². The van der Waals surface area contributed by atoms with Gasteiger partial charge in [-0.1, -0.05) is 36.4 Å². The number of fused-ring (bicyclic) bond motifs is 1. The maximum Gasteiger partial charge on any atom is 0.336 e. The van der Waals surface area contributed by atoms with E-state index < -0.39 is 23.8 Å². The van der Waals surface area contributed by atoms with Crippen LogP contribution in [0, 0.1) is 0 Å². The summed E-state index contributed by atoms with van der Waals surface area (Å²) in [5, 5.41) is 24.7. The summed E-state index contributed by atoms with van der Waals surface area (Å²) in [5.41, 5.74) is 0.196. The van der Waals surface area contributed by atoms with Crippen molar-refractivity contribution in [2.75, 3.05) is 10.6 Å². The van der Waals surface area contributed by atoms with Crippen LogP contribution in [0.3, 0.4) is 0 Å². The molecular formula is C26H18N2O6. The summed E-state index contributed by atoms with van der Waals surface area (Å²) >= 11 is 0. The number of hydrogen-bond donors (Lipinski definition) is 4. The van der Waals surface area contributed by atoms with Gasteiger partial charge in [0.25, 0.3) is 11.8 Å².